The molecular weight excluding hydrogens is 543 g/mol. The molecule has 2 aliphatic carbocycles. The molecule has 0 N–H and O–H groups in total. The summed E-state index contributed by atoms with van der Waals surface area (Å²) < 4.78 is 16.0. The SMILES string of the molecule is CC1(C)OB(c2cc3c4c(ccc5cccc(c54)C34c3ccccc3-c3cc5c(cc34)sc3ccccc35)c2)OC1(C)C. The molecule has 1 spiro atoms. The Labute approximate surface area is 255 Å². The van der Waals surface area contributed by atoms with Gasteiger partial charge >= 0.3 is 7.12 Å². The van der Waals surface area contributed by atoms with Gasteiger partial charge in [-0.25, -0.2) is 0 Å². The largest absolute Gasteiger partial charge is 0.494 e. The predicted molar refractivity (Wildman–Crippen MR) is 181 cm³/mol. The van der Waals surface area contributed by atoms with Crippen molar-refractivity contribution in [1.29, 1.82) is 0 Å². The lowest BCUT2D eigenvalue weighted by molar-refractivity contribution is 0.00578. The van der Waals surface area contributed by atoms with Gasteiger partial charge in [-0.15, -0.1) is 11.3 Å². The lowest BCUT2D eigenvalue weighted by Gasteiger charge is -2.32. The molecule has 0 saturated carbocycles. The van der Waals surface area contributed by atoms with E-state index in [1.165, 1.54) is 75.1 Å². The fourth-order valence-electron chi connectivity index (χ4n) is 8.21. The molecule has 1 aromatic heterocycles. The third-order valence-electron chi connectivity index (χ3n) is 10.9. The lowest BCUT2D eigenvalue weighted by atomic mass is 9.68. The molecule has 3 aliphatic rings. The molecule has 0 bridgehead atoms. The van der Waals surface area contributed by atoms with E-state index in [9.17, 15) is 0 Å². The van der Waals surface area contributed by atoms with Gasteiger partial charge in [0.25, 0.3) is 0 Å². The Morgan fingerprint density at radius 2 is 1.26 bits per heavy atom. The Balaban J connectivity index is 1.35. The van der Waals surface area contributed by atoms with Crippen LogP contribution in [0.3, 0.4) is 0 Å². The molecule has 1 aliphatic heterocycles. The van der Waals surface area contributed by atoms with E-state index in [0.717, 1.165) is 5.46 Å². The summed E-state index contributed by atoms with van der Waals surface area (Å²) in [5.74, 6) is 0. The molecule has 0 radical (unpaired) electrons. The van der Waals surface area contributed by atoms with Crippen LogP contribution in [0.1, 0.15) is 49.9 Å². The number of hydrogen-bond donors (Lipinski definition) is 0. The van der Waals surface area contributed by atoms with E-state index >= 15 is 0 Å². The molecule has 4 heteroatoms. The van der Waals surface area contributed by atoms with Crippen LogP contribution in [0.2, 0.25) is 0 Å². The van der Waals surface area contributed by atoms with Gasteiger partial charge in [0, 0.05) is 20.2 Å². The van der Waals surface area contributed by atoms with Gasteiger partial charge in [0.15, 0.2) is 0 Å². The first-order valence-corrected chi connectivity index (χ1v) is 16.0. The molecule has 206 valence electrons. The Bertz CT molecular complexity index is 2370. The third kappa shape index (κ3) is 2.83. The normalized spacial score (nSPS) is 20.8. The highest BCUT2D eigenvalue weighted by molar-refractivity contribution is 7.25. The predicted octanol–water partition coefficient (Wildman–Crippen LogP) is 9.34. The minimum absolute atomic E-state index is 0.406. The van der Waals surface area contributed by atoms with E-state index < -0.39 is 23.7 Å². The molecule has 0 amide bonds. The topological polar surface area (TPSA) is 18.5 Å². The minimum Gasteiger partial charge on any atom is -0.399 e. The summed E-state index contributed by atoms with van der Waals surface area (Å²) in [6, 6.07) is 39.0. The van der Waals surface area contributed by atoms with Crippen molar-refractivity contribution >= 4 is 65.6 Å². The van der Waals surface area contributed by atoms with Crippen LogP contribution in [0.4, 0.5) is 0 Å². The third-order valence-corrected chi connectivity index (χ3v) is 12.0. The maximum Gasteiger partial charge on any atom is 0.494 e. The molecule has 10 rings (SSSR count). The van der Waals surface area contributed by atoms with Crippen LogP contribution in [-0.4, -0.2) is 18.3 Å². The Kier molecular flexibility index (Phi) is 4.42. The molecule has 1 unspecified atom stereocenters. The van der Waals surface area contributed by atoms with Crippen molar-refractivity contribution < 1.29 is 9.31 Å². The van der Waals surface area contributed by atoms with Gasteiger partial charge < -0.3 is 9.31 Å². The fourth-order valence-corrected chi connectivity index (χ4v) is 9.34. The van der Waals surface area contributed by atoms with Gasteiger partial charge in [-0.3, -0.25) is 0 Å². The first kappa shape index (κ1) is 24.5. The van der Waals surface area contributed by atoms with Crippen molar-refractivity contribution in [3.63, 3.8) is 0 Å². The highest BCUT2D eigenvalue weighted by Crippen LogP contribution is 2.63. The van der Waals surface area contributed by atoms with Crippen molar-refractivity contribution in [3.8, 4) is 11.1 Å². The standard InChI is InChI=1S/C39H29BO2S/c1-37(2)38(3,4)42-40(41-37)24-18-23-17-16-22-10-9-14-30-35(22)36(23)32(19-24)39(30)29-13-7-5-11-25(29)27-20-28-26-12-6-8-15-33(26)43-34(28)21-31(27)39/h5-21H,1-4H3. The number of benzene rings is 6. The average molecular weight is 573 g/mol. The van der Waals surface area contributed by atoms with Crippen molar-refractivity contribution in [1.82, 2.24) is 0 Å². The summed E-state index contributed by atoms with van der Waals surface area (Å²) in [6.45, 7) is 8.53. The Morgan fingerprint density at radius 3 is 2.12 bits per heavy atom. The number of hydrogen-bond acceptors (Lipinski definition) is 3. The highest BCUT2D eigenvalue weighted by Gasteiger charge is 2.54. The number of fused-ring (bicyclic) bond motifs is 10. The second-order valence-corrected chi connectivity index (χ2v) is 14.6. The van der Waals surface area contributed by atoms with Crippen LogP contribution in [0.15, 0.2) is 103 Å². The number of rotatable bonds is 1. The average Bonchev–Trinajstić information content (AvgIpc) is 3.67. The molecular formula is C39H29BO2S. The molecule has 1 atom stereocenters. The summed E-state index contributed by atoms with van der Waals surface area (Å²) in [7, 11) is -0.427. The van der Waals surface area contributed by atoms with E-state index in [1.807, 2.05) is 11.3 Å². The van der Waals surface area contributed by atoms with Gasteiger partial charge in [-0.1, -0.05) is 84.9 Å². The van der Waals surface area contributed by atoms with E-state index in [4.69, 9.17) is 9.31 Å². The smallest absolute Gasteiger partial charge is 0.399 e. The van der Waals surface area contributed by atoms with Crippen LogP contribution in [-0.2, 0) is 14.7 Å². The van der Waals surface area contributed by atoms with Crippen molar-refractivity contribution in [2.75, 3.05) is 0 Å². The Morgan fingerprint density at radius 1 is 0.535 bits per heavy atom. The first-order chi connectivity index (χ1) is 20.8. The summed E-state index contributed by atoms with van der Waals surface area (Å²) >= 11 is 1.90. The van der Waals surface area contributed by atoms with E-state index in [1.54, 1.807) is 0 Å². The fraction of sp³-hybridized carbons (Fsp3) is 0.179. The second-order valence-electron chi connectivity index (χ2n) is 13.5. The van der Waals surface area contributed by atoms with Crippen molar-refractivity contribution in [2.24, 2.45) is 0 Å². The van der Waals surface area contributed by atoms with Crippen LogP contribution < -0.4 is 5.46 Å². The van der Waals surface area contributed by atoms with Crippen molar-refractivity contribution in [2.45, 2.75) is 44.3 Å². The molecule has 7 aromatic rings. The Hall–Kier alpha value is -3.96. The second kappa shape index (κ2) is 7.76. The minimum atomic E-state index is -0.427. The molecule has 2 nitrogen and oxygen atoms in total. The van der Waals surface area contributed by atoms with Crippen molar-refractivity contribution in [3.05, 3.63) is 125 Å². The maximum absolute atomic E-state index is 6.64. The zero-order chi connectivity index (χ0) is 28.9. The monoisotopic (exact) mass is 572 g/mol. The van der Waals surface area contributed by atoms with E-state index in [0.29, 0.717) is 0 Å². The maximum atomic E-state index is 6.64. The first-order valence-electron chi connectivity index (χ1n) is 15.2. The molecule has 6 aromatic carbocycles. The zero-order valence-corrected chi connectivity index (χ0v) is 25.4. The quantitative estimate of drug-likeness (QED) is 0.144. The molecule has 1 fully saturated rings. The van der Waals surface area contributed by atoms with Gasteiger partial charge in [-0.05, 0) is 106 Å². The summed E-state index contributed by atoms with van der Waals surface area (Å²) in [5.41, 5.74) is 7.98. The zero-order valence-electron chi connectivity index (χ0n) is 24.6. The summed E-state index contributed by atoms with van der Waals surface area (Å²) in [6.07, 6.45) is 0. The number of thiophene rings is 1. The van der Waals surface area contributed by atoms with Crippen LogP contribution in [0.5, 0.6) is 0 Å². The molecule has 2 heterocycles. The van der Waals surface area contributed by atoms with Gasteiger partial charge in [-0.2, -0.15) is 0 Å². The molecule has 43 heavy (non-hydrogen) atoms. The highest BCUT2D eigenvalue weighted by atomic mass is 32.1. The summed E-state index contributed by atoms with van der Waals surface area (Å²) in [4.78, 5) is 0. The van der Waals surface area contributed by atoms with Gasteiger partial charge in [0.1, 0.15) is 0 Å². The van der Waals surface area contributed by atoms with Crippen LogP contribution in [0.25, 0.3) is 52.8 Å². The van der Waals surface area contributed by atoms with Crippen LogP contribution in [0, 0.1) is 0 Å². The van der Waals surface area contributed by atoms with Gasteiger partial charge in [0.05, 0.1) is 16.6 Å². The molecule has 1 saturated heterocycles. The van der Waals surface area contributed by atoms with Crippen LogP contribution >= 0.6 is 11.3 Å². The van der Waals surface area contributed by atoms with Gasteiger partial charge in [0.2, 0.25) is 0 Å². The lowest BCUT2D eigenvalue weighted by Crippen LogP contribution is -2.41. The van der Waals surface area contributed by atoms with E-state index in [-0.39, 0.29) is 0 Å². The summed E-state index contributed by atoms with van der Waals surface area (Å²) in [5, 5.41) is 7.94. The van der Waals surface area contributed by atoms with E-state index in [2.05, 4.69) is 131 Å².